The van der Waals surface area contributed by atoms with Gasteiger partial charge in [-0.2, -0.15) is 5.10 Å². The number of nitrogens with two attached hydrogens (primary N) is 1. The van der Waals surface area contributed by atoms with Crippen molar-refractivity contribution in [2.45, 2.75) is 4.90 Å². The number of hydrazone groups is 1. The molecule has 0 heterocycles. The predicted octanol–water partition coefficient (Wildman–Crippen LogP) is 0.805. The molecule has 0 aliphatic rings. The topological polar surface area (TPSA) is 188 Å². The Morgan fingerprint density at radius 1 is 1.16 bits per heavy atom. The van der Waals surface area contributed by atoms with E-state index < -0.39 is 42.8 Å². The lowest BCUT2D eigenvalue weighted by Crippen LogP contribution is -2.12. The summed E-state index contributed by atoms with van der Waals surface area (Å²) in [4.78, 5) is 9.79. The average molecular weight is 368 g/mol. The van der Waals surface area contributed by atoms with Crippen LogP contribution in [-0.4, -0.2) is 34.9 Å². The van der Waals surface area contributed by atoms with Crippen LogP contribution in [0.2, 0.25) is 0 Å². The molecule has 12 heteroatoms. The molecule has 0 saturated heterocycles. The van der Waals surface area contributed by atoms with Crippen LogP contribution in [0.25, 0.3) is 0 Å². The maximum atomic E-state index is 11.2. The fraction of sp³-hybridized carbons (Fsp3) is 0. The largest absolute Gasteiger partial charge is 0.504 e. The standard InChI is InChI=1S/C13H12N4O7S/c14-25(23,24)8-2-3-9(10(5-8)17(21)22)16-15-6-7-1-4-11(18)13(20)12(7)19/h1-6,16,18-20H,(H2,14,23,24)/b15-6-. The average Bonchev–Trinajstić information content (AvgIpc) is 2.54. The number of hydrogen-bond donors (Lipinski definition) is 5. The molecule has 25 heavy (non-hydrogen) atoms. The molecular weight excluding hydrogens is 356 g/mol. The van der Waals surface area contributed by atoms with Crippen molar-refractivity contribution in [1.82, 2.24) is 0 Å². The number of phenols is 3. The first-order valence-corrected chi connectivity index (χ1v) is 8.00. The van der Waals surface area contributed by atoms with Gasteiger partial charge in [-0.3, -0.25) is 15.5 Å². The lowest BCUT2D eigenvalue weighted by atomic mass is 10.2. The van der Waals surface area contributed by atoms with E-state index in [1.165, 1.54) is 6.07 Å². The molecule has 11 nitrogen and oxygen atoms in total. The van der Waals surface area contributed by atoms with Crippen LogP contribution >= 0.6 is 0 Å². The van der Waals surface area contributed by atoms with Crippen molar-refractivity contribution < 1.29 is 28.7 Å². The SMILES string of the molecule is NS(=O)(=O)c1ccc(N/N=C\c2ccc(O)c(O)c2O)c([N+](=O)[O-])c1. The van der Waals surface area contributed by atoms with Crippen molar-refractivity contribution in [3.05, 3.63) is 46.0 Å². The molecule has 0 atom stereocenters. The highest BCUT2D eigenvalue weighted by atomic mass is 32.2. The predicted molar refractivity (Wildman–Crippen MR) is 87.1 cm³/mol. The van der Waals surface area contributed by atoms with Gasteiger partial charge in [-0.05, 0) is 24.3 Å². The van der Waals surface area contributed by atoms with Crippen molar-refractivity contribution in [2.24, 2.45) is 10.2 Å². The zero-order valence-electron chi connectivity index (χ0n) is 12.3. The first-order valence-electron chi connectivity index (χ1n) is 6.45. The summed E-state index contributed by atoms with van der Waals surface area (Å²) in [6.07, 6.45) is 1.03. The van der Waals surface area contributed by atoms with Gasteiger partial charge in [0.05, 0.1) is 16.0 Å². The molecule has 0 aromatic heterocycles. The molecule has 132 valence electrons. The molecule has 0 bridgehead atoms. The van der Waals surface area contributed by atoms with Crippen molar-refractivity contribution in [3.63, 3.8) is 0 Å². The molecule has 0 aliphatic carbocycles. The van der Waals surface area contributed by atoms with Gasteiger partial charge in [-0.25, -0.2) is 13.6 Å². The molecule has 0 amide bonds. The molecule has 0 aliphatic heterocycles. The summed E-state index contributed by atoms with van der Waals surface area (Å²) in [7, 11) is -4.11. The molecule has 2 aromatic rings. The Morgan fingerprint density at radius 2 is 1.84 bits per heavy atom. The number of sulfonamides is 1. The number of anilines is 1. The lowest BCUT2D eigenvalue weighted by molar-refractivity contribution is -0.384. The van der Waals surface area contributed by atoms with Gasteiger partial charge in [0.25, 0.3) is 5.69 Å². The fourth-order valence-corrected chi connectivity index (χ4v) is 2.33. The maximum Gasteiger partial charge on any atom is 0.295 e. The van der Waals surface area contributed by atoms with Gasteiger partial charge in [-0.15, -0.1) is 0 Å². The second kappa shape index (κ2) is 6.62. The lowest BCUT2D eigenvalue weighted by Gasteiger charge is -2.05. The molecule has 2 rings (SSSR count). The van der Waals surface area contributed by atoms with Crippen LogP contribution < -0.4 is 10.6 Å². The number of nitrogens with zero attached hydrogens (tertiary/aromatic N) is 2. The van der Waals surface area contributed by atoms with E-state index in [1.807, 2.05) is 0 Å². The van der Waals surface area contributed by atoms with Crippen molar-refractivity contribution >= 4 is 27.6 Å². The van der Waals surface area contributed by atoms with Crippen molar-refractivity contribution in [3.8, 4) is 17.2 Å². The third kappa shape index (κ3) is 3.94. The summed E-state index contributed by atoms with van der Waals surface area (Å²) in [6.45, 7) is 0. The highest BCUT2D eigenvalue weighted by molar-refractivity contribution is 7.89. The zero-order valence-corrected chi connectivity index (χ0v) is 13.1. The quantitative estimate of drug-likeness (QED) is 0.222. The van der Waals surface area contributed by atoms with Crippen LogP contribution in [0.1, 0.15) is 5.56 Å². The highest BCUT2D eigenvalue weighted by Crippen LogP contribution is 2.36. The van der Waals surface area contributed by atoms with Crippen LogP contribution in [0, 0.1) is 10.1 Å². The molecular formula is C13H12N4O7S. The summed E-state index contributed by atoms with van der Waals surface area (Å²) in [6, 6.07) is 5.29. The molecule has 0 spiro atoms. The Bertz CT molecular complexity index is 973. The van der Waals surface area contributed by atoms with Crippen molar-refractivity contribution in [1.29, 1.82) is 0 Å². The Morgan fingerprint density at radius 3 is 2.44 bits per heavy atom. The number of nitro groups is 1. The summed E-state index contributed by atoms with van der Waals surface area (Å²) in [5.74, 6) is -1.91. The smallest absolute Gasteiger partial charge is 0.295 e. The summed E-state index contributed by atoms with van der Waals surface area (Å²) in [5.41, 5.74) is 1.63. The number of primary sulfonamides is 1. The summed E-state index contributed by atoms with van der Waals surface area (Å²) >= 11 is 0. The Balaban J connectivity index is 2.32. The van der Waals surface area contributed by atoms with Crippen LogP contribution in [0.5, 0.6) is 17.2 Å². The van der Waals surface area contributed by atoms with Gasteiger partial charge in [0.1, 0.15) is 5.69 Å². The summed E-state index contributed by atoms with van der Waals surface area (Å²) in [5, 5.41) is 47.9. The minimum atomic E-state index is -4.11. The van der Waals surface area contributed by atoms with Crippen LogP contribution in [0.4, 0.5) is 11.4 Å². The Hall–Kier alpha value is -3.38. The summed E-state index contributed by atoms with van der Waals surface area (Å²) < 4.78 is 22.5. The second-order valence-corrected chi connectivity index (χ2v) is 6.28. The van der Waals surface area contributed by atoms with Crippen LogP contribution in [0.15, 0.2) is 40.3 Å². The number of rotatable bonds is 5. The van der Waals surface area contributed by atoms with Gasteiger partial charge >= 0.3 is 0 Å². The van der Waals surface area contributed by atoms with Gasteiger partial charge < -0.3 is 15.3 Å². The number of benzene rings is 2. The number of phenolic OH excluding ortho intramolecular Hbond substituents is 3. The molecule has 0 fully saturated rings. The van der Waals surface area contributed by atoms with E-state index in [1.54, 1.807) is 0 Å². The van der Waals surface area contributed by atoms with E-state index in [-0.39, 0.29) is 11.3 Å². The molecule has 2 aromatic carbocycles. The molecule has 0 radical (unpaired) electrons. The highest BCUT2D eigenvalue weighted by Gasteiger charge is 2.19. The van der Waals surface area contributed by atoms with Crippen molar-refractivity contribution in [2.75, 3.05) is 5.43 Å². The third-order valence-corrected chi connectivity index (χ3v) is 3.96. The van der Waals surface area contributed by atoms with Gasteiger partial charge in [-0.1, -0.05) is 0 Å². The fourth-order valence-electron chi connectivity index (χ4n) is 1.79. The van der Waals surface area contributed by atoms with E-state index >= 15 is 0 Å². The van der Waals surface area contributed by atoms with E-state index in [0.29, 0.717) is 0 Å². The van der Waals surface area contributed by atoms with E-state index in [4.69, 9.17) is 5.14 Å². The third-order valence-electron chi connectivity index (χ3n) is 3.04. The second-order valence-electron chi connectivity index (χ2n) is 4.72. The van der Waals surface area contributed by atoms with E-state index in [0.717, 1.165) is 30.5 Å². The number of aromatic hydroxyl groups is 3. The molecule has 6 N–H and O–H groups in total. The minimum Gasteiger partial charge on any atom is -0.504 e. The van der Waals surface area contributed by atoms with Gasteiger partial charge in [0.15, 0.2) is 11.5 Å². The van der Waals surface area contributed by atoms with E-state index in [9.17, 15) is 33.9 Å². The maximum absolute atomic E-state index is 11.2. The van der Waals surface area contributed by atoms with E-state index in [2.05, 4.69) is 10.5 Å². The Kier molecular flexibility index (Phi) is 4.76. The van der Waals surface area contributed by atoms with Crippen LogP contribution in [-0.2, 0) is 10.0 Å². The normalized spacial score (nSPS) is 11.6. The number of nitro benzene ring substituents is 1. The number of hydrogen-bond acceptors (Lipinski definition) is 9. The van der Waals surface area contributed by atoms with Gasteiger partial charge in [0.2, 0.25) is 15.8 Å². The Labute approximate surface area is 140 Å². The number of nitrogens with one attached hydrogen (secondary N) is 1. The molecule has 0 unspecified atom stereocenters. The van der Waals surface area contributed by atoms with Gasteiger partial charge in [0, 0.05) is 11.6 Å². The zero-order chi connectivity index (χ0) is 18.8. The monoisotopic (exact) mass is 368 g/mol. The first kappa shape index (κ1) is 18.0. The van der Waals surface area contributed by atoms with Crippen LogP contribution in [0.3, 0.4) is 0 Å². The minimum absolute atomic E-state index is 0.0200. The first-order chi connectivity index (χ1) is 11.6. The molecule has 0 saturated carbocycles.